The van der Waals surface area contributed by atoms with E-state index in [9.17, 15) is 13.2 Å². The highest BCUT2D eigenvalue weighted by molar-refractivity contribution is 8.00. The maximum atomic E-state index is 13.0. The largest absolute Gasteiger partial charge is 0.379 e. The molecular formula is C20H27N3O4S2. The van der Waals surface area contributed by atoms with Crippen LogP contribution in [0.3, 0.4) is 0 Å². The van der Waals surface area contributed by atoms with Crippen molar-refractivity contribution in [3.8, 4) is 0 Å². The Morgan fingerprint density at radius 3 is 2.76 bits per heavy atom. The molecule has 0 spiro atoms. The Balaban J connectivity index is 1.66. The van der Waals surface area contributed by atoms with Gasteiger partial charge in [-0.3, -0.25) is 4.79 Å². The van der Waals surface area contributed by atoms with Gasteiger partial charge in [-0.15, -0.1) is 0 Å². The van der Waals surface area contributed by atoms with Crippen molar-refractivity contribution in [1.29, 1.82) is 0 Å². The summed E-state index contributed by atoms with van der Waals surface area (Å²) < 4.78 is 34.8. The lowest BCUT2D eigenvalue weighted by Crippen LogP contribution is -2.40. The van der Waals surface area contributed by atoms with Crippen molar-refractivity contribution >= 4 is 38.6 Å². The minimum Gasteiger partial charge on any atom is -0.379 e. The van der Waals surface area contributed by atoms with Gasteiger partial charge < -0.3 is 9.30 Å². The number of aromatic nitrogens is 2. The maximum absolute atomic E-state index is 13.0. The first-order valence-corrected chi connectivity index (χ1v) is 12.6. The third kappa shape index (κ3) is 4.23. The minimum absolute atomic E-state index is 0.0591. The smallest absolute Gasteiger partial charge is 0.243 e. The van der Waals surface area contributed by atoms with E-state index in [1.54, 1.807) is 12.1 Å². The number of carbonyl (C=O) groups excluding carboxylic acids is 1. The predicted octanol–water partition coefficient (Wildman–Crippen LogP) is 3.07. The molecule has 0 N–H and O–H groups in total. The SMILES string of the molecule is CCn1c(S[C@H]2CCCCCC2=O)nc2cc(S(=O)(=O)N3CCOCC3)ccc21. The molecule has 2 aliphatic rings. The highest BCUT2D eigenvalue weighted by Gasteiger charge is 2.28. The summed E-state index contributed by atoms with van der Waals surface area (Å²) in [6.45, 7) is 4.33. The van der Waals surface area contributed by atoms with E-state index in [-0.39, 0.29) is 10.1 Å². The van der Waals surface area contributed by atoms with Crippen LogP contribution in [0, 0.1) is 0 Å². The monoisotopic (exact) mass is 437 g/mol. The number of sulfonamides is 1. The van der Waals surface area contributed by atoms with Gasteiger partial charge in [-0.1, -0.05) is 24.6 Å². The molecule has 4 rings (SSSR count). The summed E-state index contributed by atoms with van der Waals surface area (Å²) >= 11 is 1.53. The molecule has 1 aromatic carbocycles. The zero-order chi connectivity index (χ0) is 20.4. The second-order valence-electron chi connectivity index (χ2n) is 7.48. The van der Waals surface area contributed by atoms with Crippen molar-refractivity contribution < 1.29 is 17.9 Å². The zero-order valence-electron chi connectivity index (χ0n) is 16.7. The van der Waals surface area contributed by atoms with E-state index in [0.717, 1.165) is 42.9 Å². The van der Waals surface area contributed by atoms with Crippen LogP contribution in [0.5, 0.6) is 0 Å². The summed E-state index contributed by atoms with van der Waals surface area (Å²) in [5, 5.41) is 0.736. The van der Waals surface area contributed by atoms with E-state index in [1.165, 1.54) is 16.1 Å². The van der Waals surface area contributed by atoms with Gasteiger partial charge in [-0.25, -0.2) is 13.4 Å². The van der Waals surface area contributed by atoms with Crippen LogP contribution in [0.2, 0.25) is 0 Å². The maximum Gasteiger partial charge on any atom is 0.243 e. The van der Waals surface area contributed by atoms with E-state index in [0.29, 0.717) is 44.0 Å². The molecule has 7 nitrogen and oxygen atoms in total. The molecule has 0 radical (unpaired) electrons. The average molecular weight is 438 g/mol. The van der Waals surface area contributed by atoms with Crippen molar-refractivity contribution in [1.82, 2.24) is 13.9 Å². The van der Waals surface area contributed by atoms with Gasteiger partial charge in [0.05, 0.1) is 34.4 Å². The molecule has 9 heteroatoms. The number of hydrogen-bond acceptors (Lipinski definition) is 6. The Bertz CT molecular complexity index is 997. The van der Waals surface area contributed by atoms with E-state index in [1.807, 2.05) is 13.0 Å². The molecule has 1 aliphatic carbocycles. The Labute approximate surface area is 175 Å². The van der Waals surface area contributed by atoms with Crippen LogP contribution in [-0.4, -0.2) is 59.6 Å². The number of ether oxygens (including phenoxy) is 1. The van der Waals surface area contributed by atoms with Crippen LogP contribution in [0.15, 0.2) is 28.3 Å². The number of rotatable bonds is 5. The molecule has 2 fully saturated rings. The highest BCUT2D eigenvalue weighted by atomic mass is 32.2. The number of thioether (sulfide) groups is 1. The Hall–Kier alpha value is -1.42. The highest BCUT2D eigenvalue weighted by Crippen LogP contribution is 2.33. The number of fused-ring (bicyclic) bond motifs is 1. The molecule has 1 saturated carbocycles. The van der Waals surface area contributed by atoms with Crippen LogP contribution in [0.1, 0.15) is 39.0 Å². The van der Waals surface area contributed by atoms with Crippen LogP contribution >= 0.6 is 11.8 Å². The summed E-state index contributed by atoms with van der Waals surface area (Å²) in [6.07, 6.45) is 4.68. The fraction of sp³-hybridized carbons (Fsp3) is 0.600. The molecule has 29 heavy (non-hydrogen) atoms. The molecule has 0 unspecified atom stereocenters. The molecule has 1 atom stereocenters. The number of nitrogens with zero attached hydrogens (tertiary/aromatic N) is 3. The van der Waals surface area contributed by atoms with Crippen molar-refractivity contribution in [2.45, 2.75) is 60.9 Å². The van der Waals surface area contributed by atoms with E-state index in [4.69, 9.17) is 9.72 Å². The molecule has 158 valence electrons. The van der Waals surface area contributed by atoms with Crippen molar-refractivity contribution in [3.05, 3.63) is 18.2 Å². The molecule has 2 heterocycles. The van der Waals surface area contributed by atoms with E-state index in [2.05, 4.69) is 4.57 Å². The van der Waals surface area contributed by atoms with Crippen LogP contribution in [0.25, 0.3) is 11.0 Å². The number of carbonyl (C=O) groups is 1. The quantitative estimate of drug-likeness (QED) is 0.669. The predicted molar refractivity (Wildman–Crippen MR) is 113 cm³/mol. The summed E-state index contributed by atoms with van der Waals surface area (Å²) in [5.41, 5.74) is 1.56. The number of morpholine rings is 1. The zero-order valence-corrected chi connectivity index (χ0v) is 18.3. The first-order valence-electron chi connectivity index (χ1n) is 10.3. The fourth-order valence-corrected chi connectivity index (χ4v) is 6.68. The number of benzene rings is 1. The fourth-order valence-electron chi connectivity index (χ4n) is 3.96. The standard InChI is InChI=1S/C20H27N3O4S2/c1-2-23-17-9-8-15(29(25,26)22-10-12-27-13-11-22)14-16(17)21-20(23)28-19-7-5-3-4-6-18(19)24/h8-9,14,19H,2-7,10-13H2,1H3/t19-/m0/s1. The molecule has 1 saturated heterocycles. The molecule has 2 aromatic rings. The number of Topliss-reactive ketones (excluding diaryl/α,β-unsaturated/α-hetero) is 1. The summed E-state index contributed by atoms with van der Waals surface area (Å²) in [5.74, 6) is 0.304. The molecule has 0 bridgehead atoms. The Morgan fingerprint density at radius 1 is 1.21 bits per heavy atom. The van der Waals surface area contributed by atoms with Crippen molar-refractivity contribution in [2.75, 3.05) is 26.3 Å². The van der Waals surface area contributed by atoms with Crippen molar-refractivity contribution in [2.24, 2.45) is 0 Å². The van der Waals surface area contributed by atoms with Gasteiger partial charge in [-0.2, -0.15) is 4.31 Å². The number of aryl methyl sites for hydroxylation is 1. The number of ketones is 1. The Kier molecular flexibility index (Phi) is 6.29. The summed E-state index contributed by atoms with van der Waals surface area (Å²) in [6, 6.07) is 5.15. The van der Waals surface area contributed by atoms with Gasteiger partial charge in [0.15, 0.2) is 5.16 Å². The van der Waals surface area contributed by atoms with Gasteiger partial charge in [-0.05, 0) is 38.0 Å². The second kappa shape index (κ2) is 8.75. The topological polar surface area (TPSA) is 81.5 Å². The van der Waals surface area contributed by atoms with Crippen LogP contribution < -0.4 is 0 Å². The second-order valence-corrected chi connectivity index (χ2v) is 10.6. The Morgan fingerprint density at radius 2 is 2.00 bits per heavy atom. The van der Waals surface area contributed by atoms with Gasteiger partial charge in [0.2, 0.25) is 10.0 Å². The minimum atomic E-state index is -3.56. The first-order chi connectivity index (χ1) is 14.0. The lowest BCUT2D eigenvalue weighted by atomic mass is 10.2. The normalized spacial score (nSPS) is 22.1. The number of imidazole rings is 1. The first kappa shape index (κ1) is 20.8. The molecule has 1 aliphatic heterocycles. The van der Waals surface area contributed by atoms with Gasteiger partial charge >= 0.3 is 0 Å². The van der Waals surface area contributed by atoms with Crippen LogP contribution in [0.4, 0.5) is 0 Å². The average Bonchev–Trinajstić information content (AvgIpc) is 2.96. The molecule has 0 amide bonds. The third-order valence-electron chi connectivity index (χ3n) is 5.61. The van der Waals surface area contributed by atoms with E-state index >= 15 is 0 Å². The number of hydrogen-bond donors (Lipinski definition) is 0. The van der Waals surface area contributed by atoms with Gasteiger partial charge in [0.1, 0.15) is 5.78 Å². The molecular weight excluding hydrogens is 410 g/mol. The van der Waals surface area contributed by atoms with Crippen molar-refractivity contribution in [3.63, 3.8) is 0 Å². The van der Waals surface area contributed by atoms with E-state index < -0.39 is 10.0 Å². The lowest BCUT2D eigenvalue weighted by Gasteiger charge is -2.26. The van der Waals surface area contributed by atoms with Gasteiger partial charge in [0, 0.05) is 26.1 Å². The van der Waals surface area contributed by atoms with Crippen LogP contribution in [-0.2, 0) is 26.1 Å². The third-order valence-corrected chi connectivity index (χ3v) is 8.81. The summed E-state index contributed by atoms with van der Waals surface area (Å²) in [4.78, 5) is 17.4. The van der Waals surface area contributed by atoms with Gasteiger partial charge in [0.25, 0.3) is 0 Å². The molecule has 1 aromatic heterocycles. The lowest BCUT2D eigenvalue weighted by molar-refractivity contribution is -0.118. The summed E-state index contributed by atoms with van der Waals surface area (Å²) in [7, 11) is -3.56.